The molecule has 1 unspecified atom stereocenters. The Balaban J connectivity index is 1.92. The molecule has 5 nitrogen and oxygen atoms in total. The van der Waals surface area contributed by atoms with Gasteiger partial charge in [0.15, 0.2) is 0 Å². The third-order valence-electron chi connectivity index (χ3n) is 3.90. The molecule has 0 saturated heterocycles. The second-order valence-corrected chi connectivity index (χ2v) is 6.73. The fourth-order valence-corrected chi connectivity index (χ4v) is 3.45. The van der Waals surface area contributed by atoms with Crippen molar-refractivity contribution < 1.29 is 9.18 Å². The highest BCUT2D eigenvalue weighted by Crippen LogP contribution is 2.30. The quantitative estimate of drug-likeness (QED) is 0.747. The molecule has 3 rings (SSSR count). The normalized spacial score (nSPS) is 12.5. The lowest BCUT2D eigenvalue weighted by molar-refractivity contribution is 0.0954. The minimum Gasteiger partial charge on any atom is -0.350 e. The molecule has 0 aliphatic carbocycles. The SMILES string of the molecule is CNC(C)CNC(=O)c1cc2c(C)nn(-c3ccc(F)cc3)c2s1. The van der Waals surface area contributed by atoms with E-state index in [1.165, 1.54) is 23.5 Å². The van der Waals surface area contributed by atoms with E-state index in [0.29, 0.717) is 11.4 Å². The molecular formula is C17H19FN4OS. The smallest absolute Gasteiger partial charge is 0.261 e. The lowest BCUT2D eigenvalue weighted by Crippen LogP contribution is -2.36. The van der Waals surface area contributed by atoms with E-state index in [1.54, 1.807) is 16.8 Å². The molecule has 0 bridgehead atoms. The van der Waals surface area contributed by atoms with Crippen LogP contribution < -0.4 is 10.6 Å². The molecule has 0 spiro atoms. The number of carbonyl (C=O) groups excluding carboxylic acids is 1. The Kier molecular flexibility index (Phi) is 4.64. The molecule has 0 radical (unpaired) electrons. The maximum absolute atomic E-state index is 13.1. The van der Waals surface area contributed by atoms with Gasteiger partial charge in [0.2, 0.25) is 0 Å². The molecule has 0 fully saturated rings. The van der Waals surface area contributed by atoms with Crippen LogP contribution in [0.1, 0.15) is 22.3 Å². The number of nitrogens with zero attached hydrogens (tertiary/aromatic N) is 2. The van der Waals surface area contributed by atoms with Crippen LogP contribution in [0.5, 0.6) is 0 Å². The van der Waals surface area contributed by atoms with Crippen molar-refractivity contribution in [2.45, 2.75) is 19.9 Å². The number of thiophene rings is 1. The van der Waals surface area contributed by atoms with Crippen molar-refractivity contribution in [1.29, 1.82) is 0 Å². The third kappa shape index (κ3) is 3.18. The second-order valence-electron chi connectivity index (χ2n) is 5.70. The van der Waals surface area contributed by atoms with Gasteiger partial charge in [-0.05, 0) is 51.2 Å². The lowest BCUT2D eigenvalue weighted by Gasteiger charge is -2.10. The van der Waals surface area contributed by atoms with Crippen LogP contribution in [-0.4, -0.2) is 35.3 Å². The summed E-state index contributed by atoms with van der Waals surface area (Å²) in [5.41, 5.74) is 1.61. The number of hydrogen-bond donors (Lipinski definition) is 2. The van der Waals surface area contributed by atoms with Gasteiger partial charge in [-0.3, -0.25) is 4.79 Å². The molecule has 3 aromatic rings. The fraction of sp³-hybridized carbons (Fsp3) is 0.294. The number of rotatable bonds is 5. The van der Waals surface area contributed by atoms with Crippen LogP contribution in [-0.2, 0) is 0 Å². The molecule has 1 aromatic carbocycles. The monoisotopic (exact) mass is 346 g/mol. The molecule has 24 heavy (non-hydrogen) atoms. The lowest BCUT2D eigenvalue weighted by atomic mass is 10.3. The molecule has 2 aromatic heterocycles. The molecule has 0 aliphatic rings. The van der Waals surface area contributed by atoms with E-state index in [2.05, 4.69) is 15.7 Å². The maximum Gasteiger partial charge on any atom is 0.261 e. The van der Waals surface area contributed by atoms with Gasteiger partial charge in [0.25, 0.3) is 5.91 Å². The predicted octanol–water partition coefficient (Wildman–Crippen LogP) is 2.87. The molecule has 7 heteroatoms. The highest BCUT2D eigenvalue weighted by atomic mass is 32.1. The van der Waals surface area contributed by atoms with Crippen LogP contribution in [0.25, 0.3) is 15.9 Å². The summed E-state index contributed by atoms with van der Waals surface area (Å²) in [5.74, 6) is -0.382. The topological polar surface area (TPSA) is 58.9 Å². The van der Waals surface area contributed by atoms with Gasteiger partial charge < -0.3 is 10.6 Å². The second kappa shape index (κ2) is 6.70. The van der Waals surface area contributed by atoms with Gasteiger partial charge in [-0.25, -0.2) is 9.07 Å². The van der Waals surface area contributed by atoms with E-state index in [0.717, 1.165) is 21.6 Å². The van der Waals surface area contributed by atoms with Crippen molar-refractivity contribution in [3.8, 4) is 5.69 Å². The van der Waals surface area contributed by atoms with Gasteiger partial charge in [0.1, 0.15) is 10.6 Å². The molecule has 1 amide bonds. The average molecular weight is 346 g/mol. The van der Waals surface area contributed by atoms with Crippen molar-refractivity contribution in [3.05, 3.63) is 46.7 Å². The summed E-state index contributed by atoms with van der Waals surface area (Å²) in [6.45, 7) is 4.47. The fourth-order valence-electron chi connectivity index (χ4n) is 2.35. The first-order valence-corrected chi connectivity index (χ1v) is 8.52. The zero-order valence-electron chi connectivity index (χ0n) is 13.8. The maximum atomic E-state index is 13.1. The summed E-state index contributed by atoms with van der Waals surface area (Å²) < 4.78 is 14.9. The zero-order chi connectivity index (χ0) is 17.3. The van der Waals surface area contributed by atoms with Gasteiger partial charge in [-0.2, -0.15) is 5.10 Å². The zero-order valence-corrected chi connectivity index (χ0v) is 14.6. The first-order chi connectivity index (χ1) is 11.5. The van der Waals surface area contributed by atoms with Gasteiger partial charge in [0.05, 0.1) is 16.3 Å². The number of aromatic nitrogens is 2. The van der Waals surface area contributed by atoms with Crippen LogP contribution in [0.3, 0.4) is 0 Å². The van der Waals surface area contributed by atoms with Gasteiger partial charge >= 0.3 is 0 Å². The Labute approximate surface area is 143 Å². The van der Waals surface area contributed by atoms with Crippen LogP contribution in [0.4, 0.5) is 4.39 Å². The van der Waals surface area contributed by atoms with Crippen LogP contribution >= 0.6 is 11.3 Å². The van der Waals surface area contributed by atoms with E-state index in [1.807, 2.05) is 27.0 Å². The molecular weight excluding hydrogens is 327 g/mol. The Hall–Kier alpha value is -2.25. The number of benzene rings is 1. The Morgan fingerprint density at radius 1 is 1.38 bits per heavy atom. The van der Waals surface area contributed by atoms with Crippen LogP contribution in [0.2, 0.25) is 0 Å². The van der Waals surface area contributed by atoms with Gasteiger partial charge in [-0.1, -0.05) is 0 Å². The molecule has 2 heterocycles. The third-order valence-corrected chi connectivity index (χ3v) is 5.01. The Bertz CT molecular complexity index is 869. The van der Waals surface area contributed by atoms with Crippen LogP contribution in [0, 0.1) is 12.7 Å². The van der Waals surface area contributed by atoms with Crippen LogP contribution in [0.15, 0.2) is 30.3 Å². The largest absolute Gasteiger partial charge is 0.350 e. The standard InChI is InChI=1S/C17H19FN4OS/c1-10(19-3)9-20-16(23)15-8-14-11(2)21-22(17(14)24-15)13-6-4-12(18)5-7-13/h4-8,10,19H,9H2,1-3H3,(H,20,23). The van der Waals surface area contributed by atoms with Crippen molar-refractivity contribution >= 4 is 27.5 Å². The van der Waals surface area contributed by atoms with E-state index < -0.39 is 0 Å². The summed E-state index contributed by atoms with van der Waals surface area (Å²) in [5, 5.41) is 11.4. The Morgan fingerprint density at radius 3 is 2.75 bits per heavy atom. The number of aryl methyl sites for hydroxylation is 1. The van der Waals surface area contributed by atoms with Crippen molar-refractivity contribution in [2.75, 3.05) is 13.6 Å². The van der Waals surface area contributed by atoms with Crippen molar-refractivity contribution in [1.82, 2.24) is 20.4 Å². The highest BCUT2D eigenvalue weighted by Gasteiger charge is 2.17. The predicted molar refractivity (Wildman–Crippen MR) is 94.5 cm³/mol. The van der Waals surface area contributed by atoms with Gasteiger partial charge in [0, 0.05) is 18.0 Å². The summed E-state index contributed by atoms with van der Waals surface area (Å²) in [7, 11) is 1.86. The summed E-state index contributed by atoms with van der Waals surface area (Å²) in [4.78, 5) is 13.9. The summed E-state index contributed by atoms with van der Waals surface area (Å²) in [6.07, 6.45) is 0. The number of amides is 1. The number of likely N-dealkylation sites (N-methyl/N-ethyl adjacent to an activating group) is 1. The van der Waals surface area contributed by atoms with E-state index in [-0.39, 0.29) is 17.8 Å². The van der Waals surface area contributed by atoms with Crippen molar-refractivity contribution in [3.63, 3.8) is 0 Å². The van der Waals surface area contributed by atoms with E-state index in [9.17, 15) is 9.18 Å². The molecule has 0 saturated carbocycles. The summed E-state index contributed by atoms with van der Waals surface area (Å²) >= 11 is 1.39. The number of hydrogen-bond acceptors (Lipinski definition) is 4. The number of carbonyl (C=O) groups is 1. The molecule has 126 valence electrons. The highest BCUT2D eigenvalue weighted by molar-refractivity contribution is 7.20. The average Bonchev–Trinajstić information content (AvgIpc) is 3.14. The first-order valence-electron chi connectivity index (χ1n) is 7.70. The van der Waals surface area contributed by atoms with E-state index in [4.69, 9.17) is 0 Å². The Morgan fingerprint density at radius 2 is 2.08 bits per heavy atom. The van der Waals surface area contributed by atoms with Gasteiger partial charge in [-0.15, -0.1) is 11.3 Å². The molecule has 1 atom stereocenters. The number of halogens is 1. The number of nitrogens with one attached hydrogen (secondary N) is 2. The van der Waals surface area contributed by atoms with E-state index >= 15 is 0 Å². The first kappa shape index (κ1) is 16.6. The number of fused-ring (bicyclic) bond motifs is 1. The molecule has 2 N–H and O–H groups in total. The minimum atomic E-state index is -0.288. The summed E-state index contributed by atoms with van der Waals surface area (Å²) in [6, 6.07) is 8.23. The molecule has 0 aliphatic heterocycles. The minimum absolute atomic E-state index is 0.0941. The van der Waals surface area contributed by atoms with Crippen molar-refractivity contribution in [2.24, 2.45) is 0 Å².